The van der Waals surface area contributed by atoms with Crippen molar-refractivity contribution in [2.75, 3.05) is 33.3 Å². The monoisotopic (exact) mass is 446 g/mol. The van der Waals surface area contributed by atoms with Crippen molar-refractivity contribution in [3.05, 3.63) is 65.2 Å². The van der Waals surface area contributed by atoms with Crippen LogP contribution in [0.5, 0.6) is 5.75 Å². The number of hydrogen-bond acceptors (Lipinski definition) is 4. The lowest BCUT2D eigenvalue weighted by Crippen LogP contribution is -2.48. The molecule has 2 atom stereocenters. The summed E-state index contributed by atoms with van der Waals surface area (Å²) >= 11 is 0. The minimum absolute atomic E-state index is 0.0998. The van der Waals surface area contributed by atoms with E-state index in [2.05, 4.69) is 17.0 Å². The van der Waals surface area contributed by atoms with E-state index in [0.717, 1.165) is 42.7 Å². The first kappa shape index (κ1) is 24.1. The molecule has 1 fully saturated rings. The molecule has 174 valence electrons. The number of halogens is 2. The lowest BCUT2D eigenvalue weighted by atomic mass is 10.1. The summed E-state index contributed by atoms with van der Waals surface area (Å²) in [6.07, 6.45) is 1.23. The van der Waals surface area contributed by atoms with Crippen LogP contribution in [0.25, 0.3) is 0 Å². The summed E-state index contributed by atoms with van der Waals surface area (Å²) in [5.41, 5.74) is 2.29. The molecule has 1 aliphatic rings. The SMILES string of the molecule is CCN(C)C(=O)C(CN(Cc1cccc(C)c1)CC1CCCO1)Oc1ccc(F)c(F)c1. The summed E-state index contributed by atoms with van der Waals surface area (Å²) in [5.74, 6) is -2.04. The molecule has 5 nitrogen and oxygen atoms in total. The fourth-order valence-electron chi connectivity index (χ4n) is 3.86. The number of carbonyl (C=O) groups excluding carboxylic acids is 1. The van der Waals surface area contributed by atoms with Crippen LogP contribution >= 0.6 is 0 Å². The van der Waals surface area contributed by atoms with E-state index < -0.39 is 17.7 Å². The zero-order valence-electron chi connectivity index (χ0n) is 19.0. The summed E-state index contributed by atoms with van der Waals surface area (Å²) < 4.78 is 38.8. The lowest BCUT2D eigenvalue weighted by Gasteiger charge is -2.31. The summed E-state index contributed by atoms with van der Waals surface area (Å²) in [4.78, 5) is 16.8. The van der Waals surface area contributed by atoms with Crippen molar-refractivity contribution in [1.82, 2.24) is 9.80 Å². The third kappa shape index (κ3) is 6.74. The molecule has 0 aromatic heterocycles. The average molecular weight is 447 g/mol. The Morgan fingerprint density at radius 3 is 2.69 bits per heavy atom. The number of aryl methyl sites for hydroxylation is 1. The number of hydrogen-bond donors (Lipinski definition) is 0. The van der Waals surface area contributed by atoms with E-state index in [0.29, 0.717) is 26.2 Å². The number of ether oxygens (including phenoxy) is 2. The Bertz CT molecular complexity index is 903. The van der Waals surface area contributed by atoms with Crippen LogP contribution in [-0.4, -0.2) is 61.2 Å². The second-order valence-corrected chi connectivity index (χ2v) is 8.35. The molecule has 1 aliphatic heterocycles. The number of amides is 1. The van der Waals surface area contributed by atoms with Gasteiger partial charge in [0.1, 0.15) is 5.75 Å². The first-order valence-corrected chi connectivity index (χ1v) is 11.1. The molecule has 1 amide bonds. The van der Waals surface area contributed by atoms with Gasteiger partial charge in [0.2, 0.25) is 0 Å². The van der Waals surface area contributed by atoms with Gasteiger partial charge in [-0.25, -0.2) is 8.78 Å². The van der Waals surface area contributed by atoms with Gasteiger partial charge in [-0.05, 0) is 44.4 Å². The molecule has 1 heterocycles. The molecule has 1 saturated heterocycles. The Hall–Kier alpha value is -2.51. The quantitative estimate of drug-likeness (QED) is 0.549. The van der Waals surface area contributed by atoms with Gasteiger partial charge in [-0.1, -0.05) is 29.8 Å². The Balaban J connectivity index is 1.82. The molecule has 0 radical (unpaired) electrons. The molecular weight excluding hydrogens is 414 g/mol. The molecule has 0 saturated carbocycles. The van der Waals surface area contributed by atoms with Gasteiger partial charge in [-0.3, -0.25) is 9.69 Å². The summed E-state index contributed by atoms with van der Waals surface area (Å²) in [7, 11) is 1.70. The second kappa shape index (κ2) is 11.4. The molecule has 2 aromatic carbocycles. The summed E-state index contributed by atoms with van der Waals surface area (Å²) in [5, 5.41) is 0. The van der Waals surface area contributed by atoms with Crippen LogP contribution in [0.1, 0.15) is 30.9 Å². The van der Waals surface area contributed by atoms with Gasteiger partial charge in [-0.2, -0.15) is 0 Å². The van der Waals surface area contributed by atoms with Crippen molar-refractivity contribution in [2.24, 2.45) is 0 Å². The normalized spacial score (nSPS) is 16.9. The van der Waals surface area contributed by atoms with E-state index >= 15 is 0 Å². The predicted octanol–water partition coefficient (Wildman–Crippen LogP) is 4.18. The van der Waals surface area contributed by atoms with Crippen LogP contribution in [0.3, 0.4) is 0 Å². The topological polar surface area (TPSA) is 42.0 Å². The van der Waals surface area contributed by atoms with Crippen molar-refractivity contribution >= 4 is 5.91 Å². The Kier molecular flexibility index (Phi) is 8.59. The van der Waals surface area contributed by atoms with E-state index in [1.807, 2.05) is 26.0 Å². The van der Waals surface area contributed by atoms with Crippen molar-refractivity contribution in [3.63, 3.8) is 0 Å². The van der Waals surface area contributed by atoms with Gasteiger partial charge >= 0.3 is 0 Å². The number of nitrogens with zero attached hydrogens (tertiary/aromatic N) is 2. The molecule has 3 rings (SSSR count). The highest BCUT2D eigenvalue weighted by Crippen LogP contribution is 2.20. The minimum atomic E-state index is -1.01. The molecule has 0 spiro atoms. The van der Waals surface area contributed by atoms with Crippen LogP contribution in [0.4, 0.5) is 8.78 Å². The molecule has 32 heavy (non-hydrogen) atoms. The van der Waals surface area contributed by atoms with Crippen LogP contribution in [-0.2, 0) is 16.1 Å². The molecule has 2 unspecified atom stereocenters. The van der Waals surface area contributed by atoms with Crippen LogP contribution in [0, 0.1) is 18.6 Å². The summed E-state index contributed by atoms with van der Waals surface area (Å²) in [6, 6.07) is 11.6. The molecule has 2 aromatic rings. The number of likely N-dealkylation sites (N-methyl/N-ethyl adjacent to an activating group) is 1. The predicted molar refractivity (Wildman–Crippen MR) is 120 cm³/mol. The van der Waals surface area contributed by atoms with Crippen molar-refractivity contribution in [2.45, 2.75) is 45.4 Å². The fraction of sp³-hybridized carbons (Fsp3) is 0.480. The standard InChI is InChI=1S/C25H32F2N2O3/c1-4-28(3)25(30)24(32-20-10-11-22(26)23(27)14-20)17-29(16-21-9-6-12-31-21)15-19-8-5-7-18(2)13-19/h5,7-8,10-11,13-14,21,24H,4,6,9,12,15-17H2,1-3H3. The van der Waals surface area contributed by atoms with Gasteiger partial charge in [0.25, 0.3) is 5.91 Å². The van der Waals surface area contributed by atoms with E-state index in [1.165, 1.54) is 6.07 Å². The highest BCUT2D eigenvalue weighted by atomic mass is 19.2. The van der Waals surface area contributed by atoms with E-state index in [1.54, 1.807) is 11.9 Å². The maximum atomic E-state index is 13.7. The van der Waals surface area contributed by atoms with Gasteiger partial charge < -0.3 is 14.4 Å². The van der Waals surface area contributed by atoms with Crippen LogP contribution in [0.2, 0.25) is 0 Å². The van der Waals surface area contributed by atoms with E-state index in [4.69, 9.17) is 9.47 Å². The van der Waals surface area contributed by atoms with Crippen molar-refractivity contribution in [3.8, 4) is 5.75 Å². The largest absolute Gasteiger partial charge is 0.479 e. The van der Waals surface area contributed by atoms with Crippen LogP contribution in [0.15, 0.2) is 42.5 Å². The maximum Gasteiger partial charge on any atom is 0.264 e. The smallest absolute Gasteiger partial charge is 0.264 e. The van der Waals surface area contributed by atoms with Gasteiger partial charge in [0.05, 0.1) is 6.10 Å². The minimum Gasteiger partial charge on any atom is -0.479 e. The highest BCUT2D eigenvalue weighted by molar-refractivity contribution is 5.81. The third-order valence-electron chi connectivity index (χ3n) is 5.69. The third-order valence-corrected chi connectivity index (χ3v) is 5.69. The number of benzene rings is 2. The molecule has 0 bridgehead atoms. The Labute approximate surface area is 188 Å². The average Bonchev–Trinajstić information content (AvgIpc) is 3.27. The first-order chi connectivity index (χ1) is 15.4. The Morgan fingerprint density at radius 2 is 2.03 bits per heavy atom. The first-order valence-electron chi connectivity index (χ1n) is 11.1. The molecular formula is C25H32F2N2O3. The summed E-state index contributed by atoms with van der Waals surface area (Å²) in [6.45, 7) is 6.77. The van der Waals surface area contributed by atoms with Gasteiger partial charge in [-0.15, -0.1) is 0 Å². The maximum absolute atomic E-state index is 13.7. The molecule has 0 N–H and O–H groups in total. The zero-order chi connectivity index (χ0) is 23.1. The number of carbonyl (C=O) groups is 1. The second-order valence-electron chi connectivity index (χ2n) is 8.35. The van der Waals surface area contributed by atoms with Crippen LogP contribution < -0.4 is 4.74 Å². The number of rotatable bonds is 10. The van der Waals surface area contributed by atoms with Crippen molar-refractivity contribution in [1.29, 1.82) is 0 Å². The van der Waals surface area contributed by atoms with Gasteiger partial charge in [0, 0.05) is 45.9 Å². The Morgan fingerprint density at radius 1 is 1.22 bits per heavy atom. The fourth-order valence-corrected chi connectivity index (χ4v) is 3.86. The molecule has 7 heteroatoms. The highest BCUT2D eigenvalue weighted by Gasteiger charge is 2.29. The molecule has 0 aliphatic carbocycles. The van der Waals surface area contributed by atoms with Gasteiger partial charge in [0.15, 0.2) is 17.7 Å². The van der Waals surface area contributed by atoms with Crippen molar-refractivity contribution < 1.29 is 23.0 Å². The zero-order valence-corrected chi connectivity index (χ0v) is 19.0. The van der Waals surface area contributed by atoms with E-state index in [9.17, 15) is 13.6 Å². The van der Waals surface area contributed by atoms with E-state index in [-0.39, 0.29) is 17.8 Å². The lowest BCUT2D eigenvalue weighted by molar-refractivity contribution is -0.138.